The lowest BCUT2D eigenvalue weighted by molar-refractivity contribution is 0.0696. The standard InChI is InChI=1S/C24H17ClN4O4S/c1-34-18-7-14(6-15(8-18)24(31)32)19-9-16(25)2-3-22(19)33-5-4-29-13-28-21-12-27-17(11-26)10-20(21)23(29)30/h2-3,6-10,12-13H,4-5H2,1H3,(H,31,32). The van der Waals surface area contributed by atoms with Crippen LogP contribution in [0.25, 0.3) is 22.0 Å². The number of fused-ring (bicyclic) bond motifs is 1. The highest BCUT2D eigenvalue weighted by Gasteiger charge is 2.13. The van der Waals surface area contributed by atoms with Crippen LogP contribution >= 0.6 is 23.4 Å². The molecular formula is C24H17ClN4O4S. The number of carboxylic acids is 1. The molecule has 4 rings (SSSR count). The van der Waals surface area contributed by atoms with Gasteiger partial charge in [-0.1, -0.05) is 11.6 Å². The Kier molecular flexibility index (Phi) is 6.82. The number of hydrogen-bond acceptors (Lipinski definition) is 7. The minimum Gasteiger partial charge on any atom is -0.491 e. The maximum absolute atomic E-state index is 12.8. The zero-order chi connectivity index (χ0) is 24.2. The summed E-state index contributed by atoms with van der Waals surface area (Å²) in [6.45, 7) is 0.352. The number of aromatic carboxylic acids is 1. The Bertz CT molecular complexity index is 1510. The molecule has 0 saturated heterocycles. The Balaban J connectivity index is 1.62. The van der Waals surface area contributed by atoms with Crippen molar-refractivity contribution >= 4 is 40.2 Å². The van der Waals surface area contributed by atoms with Crippen molar-refractivity contribution in [3.63, 3.8) is 0 Å². The molecule has 0 aliphatic rings. The Morgan fingerprint density at radius 2 is 2.06 bits per heavy atom. The van der Waals surface area contributed by atoms with Crippen molar-refractivity contribution < 1.29 is 14.6 Å². The molecule has 0 bridgehead atoms. The molecule has 0 unspecified atom stereocenters. The van der Waals surface area contributed by atoms with Gasteiger partial charge in [0.25, 0.3) is 5.56 Å². The van der Waals surface area contributed by atoms with Gasteiger partial charge < -0.3 is 9.84 Å². The van der Waals surface area contributed by atoms with Crippen molar-refractivity contribution in [3.05, 3.63) is 81.6 Å². The molecule has 10 heteroatoms. The molecule has 0 aliphatic carbocycles. The second-order valence-corrected chi connectivity index (χ2v) is 8.50. The first kappa shape index (κ1) is 23.3. The summed E-state index contributed by atoms with van der Waals surface area (Å²) in [5.41, 5.74) is 1.70. The zero-order valence-electron chi connectivity index (χ0n) is 17.9. The quantitative estimate of drug-likeness (QED) is 0.375. The minimum absolute atomic E-state index is 0.138. The lowest BCUT2D eigenvalue weighted by Gasteiger charge is -2.14. The first-order valence-electron chi connectivity index (χ1n) is 10.00. The highest BCUT2D eigenvalue weighted by atomic mass is 35.5. The van der Waals surface area contributed by atoms with Crippen LogP contribution in [0.1, 0.15) is 16.1 Å². The highest BCUT2D eigenvalue weighted by molar-refractivity contribution is 7.98. The lowest BCUT2D eigenvalue weighted by Crippen LogP contribution is -2.23. The number of nitrogens with zero attached hydrogens (tertiary/aromatic N) is 4. The van der Waals surface area contributed by atoms with E-state index in [1.54, 1.807) is 30.3 Å². The van der Waals surface area contributed by atoms with Crippen molar-refractivity contribution in [1.82, 2.24) is 14.5 Å². The number of hydrogen-bond donors (Lipinski definition) is 1. The van der Waals surface area contributed by atoms with Gasteiger partial charge in [0.15, 0.2) is 0 Å². The van der Waals surface area contributed by atoms with E-state index in [4.69, 9.17) is 21.6 Å². The summed E-state index contributed by atoms with van der Waals surface area (Å²) < 4.78 is 7.37. The molecule has 0 radical (unpaired) electrons. The van der Waals surface area contributed by atoms with Gasteiger partial charge in [0.1, 0.15) is 24.1 Å². The molecule has 0 aliphatic heterocycles. The smallest absolute Gasteiger partial charge is 0.335 e. The molecule has 0 spiro atoms. The molecular weight excluding hydrogens is 476 g/mol. The van der Waals surface area contributed by atoms with Crippen molar-refractivity contribution in [2.75, 3.05) is 12.9 Å². The molecule has 4 aromatic rings. The van der Waals surface area contributed by atoms with E-state index in [1.165, 1.54) is 34.9 Å². The van der Waals surface area contributed by atoms with Crippen molar-refractivity contribution in [2.24, 2.45) is 0 Å². The molecule has 2 aromatic carbocycles. The second-order valence-electron chi connectivity index (χ2n) is 7.19. The average molecular weight is 493 g/mol. The van der Waals surface area contributed by atoms with Gasteiger partial charge in [-0.3, -0.25) is 9.36 Å². The van der Waals surface area contributed by atoms with Crippen LogP contribution in [0.5, 0.6) is 5.75 Å². The highest BCUT2D eigenvalue weighted by Crippen LogP contribution is 2.35. The number of carbonyl (C=O) groups is 1. The predicted molar refractivity (Wildman–Crippen MR) is 130 cm³/mol. The molecule has 0 fully saturated rings. The third kappa shape index (κ3) is 4.88. The van der Waals surface area contributed by atoms with Crippen LogP contribution in [-0.2, 0) is 6.54 Å². The summed E-state index contributed by atoms with van der Waals surface area (Å²) in [4.78, 5) is 33.3. The van der Waals surface area contributed by atoms with Crippen LogP contribution < -0.4 is 10.3 Å². The van der Waals surface area contributed by atoms with E-state index < -0.39 is 5.97 Å². The first-order chi connectivity index (χ1) is 16.4. The van der Waals surface area contributed by atoms with E-state index in [0.29, 0.717) is 32.8 Å². The molecule has 34 heavy (non-hydrogen) atoms. The van der Waals surface area contributed by atoms with Gasteiger partial charge >= 0.3 is 5.97 Å². The number of ether oxygens (including phenoxy) is 1. The third-order valence-electron chi connectivity index (χ3n) is 5.06. The van der Waals surface area contributed by atoms with Crippen LogP contribution in [0, 0.1) is 11.3 Å². The van der Waals surface area contributed by atoms with E-state index in [1.807, 2.05) is 18.4 Å². The largest absolute Gasteiger partial charge is 0.491 e. The van der Waals surface area contributed by atoms with E-state index in [2.05, 4.69) is 9.97 Å². The topological polar surface area (TPSA) is 118 Å². The van der Waals surface area contributed by atoms with Crippen LogP contribution in [0.4, 0.5) is 0 Å². The van der Waals surface area contributed by atoms with E-state index in [-0.39, 0.29) is 30.0 Å². The number of aromatic nitrogens is 3. The fourth-order valence-corrected chi connectivity index (χ4v) is 4.05. The number of pyridine rings is 1. The van der Waals surface area contributed by atoms with E-state index >= 15 is 0 Å². The van der Waals surface area contributed by atoms with Gasteiger partial charge in [-0.2, -0.15) is 5.26 Å². The Labute approximate surface area is 203 Å². The molecule has 0 atom stereocenters. The number of rotatable bonds is 7. The SMILES string of the molecule is CSc1cc(C(=O)O)cc(-c2cc(Cl)ccc2OCCn2cnc3cnc(C#N)cc3c2=O)c1. The summed E-state index contributed by atoms with van der Waals surface area (Å²) in [6.07, 6.45) is 4.67. The number of halogens is 1. The first-order valence-corrected chi connectivity index (χ1v) is 11.6. The monoisotopic (exact) mass is 492 g/mol. The summed E-state index contributed by atoms with van der Waals surface area (Å²) in [5.74, 6) is -0.531. The summed E-state index contributed by atoms with van der Waals surface area (Å²) in [7, 11) is 0. The van der Waals surface area contributed by atoms with Gasteiger partial charge in [0.05, 0.1) is 35.5 Å². The van der Waals surface area contributed by atoms with E-state index in [0.717, 1.165) is 4.90 Å². The fraction of sp³-hybridized carbons (Fsp3) is 0.125. The lowest BCUT2D eigenvalue weighted by atomic mass is 10.0. The third-order valence-corrected chi connectivity index (χ3v) is 6.00. The molecule has 2 heterocycles. The Morgan fingerprint density at radius 1 is 1.24 bits per heavy atom. The van der Waals surface area contributed by atoms with Crippen molar-refractivity contribution in [2.45, 2.75) is 11.4 Å². The minimum atomic E-state index is -1.03. The average Bonchev–Trinajstić information content (AvgIpc) is 2.85. The summed E-state index contributed by atoms with van der Waals surface area (Å²) >= 11 is 7.65. The second kappa shape index (κ2) is 9.95. The Hall–Kier alpha value is -3.87. The molecule has 8 nitrogen and oxygen atoms in total. The summed E-state index contributed by atoms with van der Waals surface area (Å²) in [5, 5.41) is 19.3. The van der Waals surface area contributed by atoms with Crippen LogP contribution in [0.3, 0.4) is 0 Å². The Morgan fingerprint density at radius 3 is 2.79 bits per heavy atom. The van der Waals surface area contributed by atoms with Crippen molar-refractivity contribution in [3.8, 4) is 22.9 Å². The van der Waals surface area contributed by atoms with Gasteiger partial charge in [-0.25, -0.2) is 14.8 Å². The van der Waals surface area contributed by atoms with Crippen molar-refractivity contribution in [1.29, 1.82) is 5.26 Å². The fourth-order valence-electron chi connectivity index (χ4n) is 3.39. The molecule has 0 amide bonds. The van der Waals surface area contributed by atoms with Crippen LogP contribution in [0.2, 0.25) is 5.02 Å². The number of thioether (sulfide) groups is 1. The van der Waals surface area contributed by atoms with Crippen LogP contribution in [0.15, 0.2) is 64.7 Å². The van der Waals surface area contributed by atoms with Gasteiger partial charge in [-0.15, -0.1) is 11.8 Å². The van der Waals surface area contributed by atoms with Gasteiger partial charge in [0, 0.05) is 15.5 Å². The number of carboxylic acid groups (broad SMARTS) is 1. The molecule has 170 valence electrons. The summed E-state index contributed by atoms with van der Waals surface area (Å²) in [6, 6.07) is 13.5. The van der Waals surface area contributed by atoms with Gasteiger partial charge in [0.2, 0.25) is 0 Å². The number of benzene rings is 2. The molecule has 0 saturated carbocycles. The molecule has 2 aromatic heterocycles. The normalized spacial score (nSPS) is 10.7. The maximum Gasteiger partial charge on any atom is 0.335 e. The zero-order valence-corrected chi connectivity index (χ0v) is 19.4. The predicted octanol–water partition coefficient (Wildman–Crippen LogP) is 4.48. The van der Waals surface area contributed by atoms with E-state index in [9.17, 15) is 14.7 Å². The maximum atomic E-state index is 12.8. The molecule has 1 N–H and O–H groups in total. The van der Waals surface area contributed by atoms with Gasteiger partial charge in [-0.05, 0) is 54.3 Å². The number of nitriles is 1. The van der Waals surface area contributed by atoms with Crippen LogP contribution in [-0.4, -0.2) is 38.5 Å².